The van der Waals surface area contributed by atoms with Crippen molar-refractivity contribution in [2.24, 2.45) is 0 Å². The summed E-state index contributed by atoms with van der Waals surface area (Å²) in [5.74, 6) is -2.94. The molecule has 0 fully saturated rings. The molecule has 6 nitrogen and oxygen atoms in total. The van der Waals surface area contributed by atoms with Crippen molar-refractivity contribution in [2.45, 2.75) is 25.1 Å². The molecule has 0 aromatic heterocycles. The van der Waals surface area contributed by atoms with Gasteiger partial charge < -0.3 is 19.9 Å². The van der Waals surface area contributed by atoms with Crippen molar-refractivity contribution >= 4 is 11.9 Å². The Bertz CT molecular complexity index is 574. The van der Waals surface area contributed by atoms with Gasteiger partial charge in [-0.1, -0.05) is 6.07 Å². The predicted octanol–water partition coefficient (Wildman–Crippen LogP) is 1.77. The summed E-state index contributed by atoms with van der Waals surface area (Å²) in [6, 6.07) is 3.17. The van der Waals surface area contributed by atoms with Gasteiger partial charge in [0.15, 0.2) is 11.5 Å². The summed E-state index contributed by atoms with van der Waals surface area (Å²) in [7, 11) is 2.87. The number of halogens is 3. The number of aliphatic carboxylic acids is 1. The summed E-state index contributed by atoms with van der Waals surface area (Å²) in [5.41, 5.74) is 0.634. The molecule has 1 amide bonds. The van der Waals surface area contributed by atoms with E-state index in [9.17, 15) is 22.8 Å². The zero-order valence-corrected chi connectivity index (χ0v) is 12.4. The van der Waals surface area contributed by atoms with Gasteiger partial charge in [-0.25, -0.2) is 4.79 Å². The molecule has 1 atom stereocenters. The monoisotopic (exact) mass is 335 g/mol. The highest BCUT2D eigenvalue weighted by Crippen LogP contribution is 2.28. The highest BCUT2D eigenvalue weighted by molar-refractivity contribution is 5.86. The molecule has 0 spiro atoms. The fourth-order valence-electron chi connectivity index (χ4n) is 1.84. The van der Waals surface area contributed by atoms with E-state index in [4.69, 9.17) is 14.6 Å². The first-order valence-corrected chi connectivity index (χ1v) is 6.50. The maximum atomic E-state index is 12.2. The number of nitrogens with one attached hydrogen (secondary N) is 1. The first-order valence-electron chi connectivity index (χ1n) is 6.50. The van der Waals surface area contributed by atoms with Crippen LogP contribution in [0.4, 0.5) is 13.2 Å². The summed E-state index contributed by atoms with van der Waals surface area (Å²) >= 11 is 0. The third-order valence-electron chi connectivity index (χ3n) is 3.03. The van der Waals surface area contributed by atoms with E-state index in [1.54, 1.807) is 18.2 Å². The Morgan fingerprint density at radius 2 is 1.83 bits per heavy atom. The van der Waals surface area contributed by atoms with Crippen molar-refractivity contribution < 1.29 is 37.3 Å². The van der Waals surface area contributed by atoms with Gasteiger partial charge in [0, 0.05) is 0 Å². The van der Waals surface area contributed by atoms with Crippen molar-refractivity contribution in [3.8, 4) is 11.5 Å². The quantitative estimate of drug-likeness (QED) is 0.793. The highest BCUT2D eigenvalue weighted by atomic mass is 19.4. The smallest absolute Gasteiger partial charge is 0.471 e. The second-order valence-corrected chi connectivity index (χ2v) is 4.59. The zero-order valence-electron chi connectivity index (χ0n) is 12.4. The highest BCUT2D eigenvalue weighted by Gasteiger charge is 2.40. The number of carboxylic acids is 1. The number of ether oxygens (including phenoxy) is 2. The minimum atomic E-state index is -5.13. The van der Waals surface area contributed by atoms with Crippen LogP contribution in [0.3, 0.4) is 0 Å². The number of hydrogen-bond acceptors (Lipinski definition) is 4. The lowest BCUT2D eigenvalue weighted by molar-refractivity contribution is -0.175. The van der Waals surface area contributed by atoms with Crippen LogP contribution < -0.4 is 14.8 Å². The number of alkyl halides is 3. The molecule has 1 aromatic carbocycles. The maximum Gasteiger partial charge on any atom is 0.471 e. The van der Waals surface area contributed by atoms with Crippen LogP contribution in [0.5, 0.6) is 11.5 Å². The van der Waals surface area contributed by atoms with Gasteiger partial charge in [-0.2, -0.15) is 13.2 Å². The molecule has 0 aliphatic carbocycles. The second kappa shape index (κ2) is 7.70. The molecule has 23 heavy (non-hydrogen) atoms. The minimum absolute atomic E-state index is 0.134. The predicted molar refractivity (Wildman–Crippen MR) is 73.5 cm³/mol. The Morgan fingerprint density at radius 1 is 1.22 bits per heavy atom. The van der Waals surface area contributed by atoms with Crippen molar-refractivity contribution in [1.29, 1.82) is 0 Å². The number of benzene rings is 1. The summed E-state index contributed by atoms with van der Waals surface area (Å²) in [4.78, 5) is 21.8. The number of methoxy groups -OCH3 is 2. The molecule has 0 saturated heterocycles. The van der Waals surface area contributed by atoms with Crippen molar-refractivity contribution in [3.63, 3.8) is 0 Å². The van der Waals surface area contributed by atoms with Gasteiger partial charge in [0.1, 0.15) is 6.04 Å². The van der Waals surface area contributed by atoms with Gasteiger partial charge in [-0.05, 0) is 30.5 Å². The largest absolute Gasteiger partial charge is 0.493 e. The number of carbonyl (C=O) groups is 2. The van der Waals surface area contributed by atoms with Gasteiger partial charge in [-0.3, -0.25) is 4.79 Å². The molecule has 0 saturated carbocycles. The lowest BCUT2D eigenvalue weighted by atomic mass is 10.0. The van der Waals surface area contributed by atoms with Crippen LogP contribution in [0.15, 0.2) is 18.2 Å². The van der Waals surface area contributed by atoms with Gasteiger partial charge in [0.05, 0.1) is 14.2 Å². The SMILES string of the molecule is COc1ccc(CCC(NC(=O)C(F)(F)F)C(=O)O)cc1OC. The molecule has 9 heteroatoms. The Labute approximate surface area is 130 Å². The van der Waals surface area contributed by atoms with E-state index >= 15 is 0 Å². The van der Waals surface area contributed by atoms with E-state index in [0.29, 0.717) is 17.1 Å². The van der Waals surface area contributed by atoms with Gasteiger partial charge in [0.2, 0.25) is 0 Å². The third kappa shape index (κ3) is 5.35. The van der Waals surface area contributed by atoms with Crippen molar-refractivity contribution in [2.75, 3.05) is 14.2 Å². The van der Waals surface area contributed by atoms with E-state index in [0.717, 1.165) is 0 Å². The number of carboxylic acid groups (broad SMARTS) is 1. The first kappa shape index (κ1) is 18.6. The molecule has 0 heterocycles. The number of aryl methyl sites for hydroxylation is 1. The van der Waals surface area contributed by atoms with Crippen LogP contribution in [-0.4, -0.2) is 43.4 Å². The fourth-order valence-corrected chi connectivity index (χ4v) is 1.84. The molecule has 1 unspecified atom stereocenters. The Hall–Kier alpha value is -2.45. The van der Waals surface area contributed by atoms with Crippen LogP contribution >= 0.6 is 0 Å². The number of rotatable bonds is 7. The van der Waals surface area contributed by atoms with Gasteiger partial charge in [0.25, 0.3) is 0 Å². The Balaban J connectivity index is 2.76. The van der Waals surface area contributed by atoms with E-state index in [1.807, 2.05) is 0 Å². The molecule has 2 N–H and O–H groups in total. The fraction of sp³-hybridized carbons (Fsp3) is 0.429. The van der Waals surface area contributed by atoms with Crippen molar-refractivity contribution in [1.82, 2.24) is 5.32 Å². The topological polar surface area (TPSA) is 84.9 Å². The van der Waals surface area contributed by atoms with Gasteiger partial charge in [-0.15, -0.1) is 0 Å². The molecule has 1 rings (SSSR count). The number of hydrogen-bond donors (Lipinski definition) is 2. The number of carbonyl (C=O) groups excluding carboxylic acids is 1. The van der Waals surface area contributed by atoms with E-state index in [-0.39, 0.29) is 12.8 Å². The van der Waals surface area contributed by atoms with E-state index in [1.165, 1.54) is 19.5 Å². The lowest BCUT2D eigenvalue weighted by Crippen LogP contribution is -2.47. The molecular weight excluding hydrogens is 319 g/mol. The van der Waals surface area contributed by atoms with Crippen LogP contribution in [0.2, 0.25) is 0 Å². The van der Waals surface area contributed by atoms with E-state index in [2.05, 4.69) is 0 Å². The molecule has 0 aliphatic heterocycles. The van der Waals surface area contributed by atoms with Crippen LogP contribution in [0.1, 0.15) is 12.0 Å². The first-order chi connectivity index (χ1) is 10.7. The second-order valence-electron chi connectivity index (χ2n) is 4.59. The van der Waals surface area contributed by atoms with Crippen LogP contribution in [-0.2, 0) is 16.0 Å². The van der Waals surface area contributed by atoms with Crippen molar-refractivity contribution in [3.05, 3.63) is 23.8 Å². The summed E-state index contributed by atoms with van der Waals surface area (Å²) in [6.07, 6.45) is -5.20. The minimum Gasteiger partial charge on any atom is -0.493 e. The molecular formula is C14H16F3NO5. The van der Waals surface area contributed by atoms with Crippen LogP contribution in [0, 0.1) is 0 Å². The third-order valence-corrected chi connectivity index (χ3v) is 3.03. The summed E-state index contributed by atoms with van der Waals surface area (Å²) in [6.45, 7) is 0. The Kier molecular flexibility index (Phi) is 6.23. The molecule has 0 radical (unpaired) electrons. The molecule has 1 aromatic rings. The van der Waals surface area contributed by atoms with E-state index < -0.39 is 24.1 Å². The molecule has 128 valence electrons. The Morgan fingerprint density at radius 3 is 2.30 bits per heavy atom. The number of amides is 1. The lowest BCUT2D eigenvalue weighted by Gasteiger charge is -2.16. The maximum absolute atomic E-state index is 12.2. The average molecular weight is 335 g/mol. The zero-order chi connectivity index (χ0) is 17.6. The molecule has 0 aliphatic rings. The average Bonchev–Trinajstić information content (AvgIpc) is 2.49. The van der Waals surface area contributed by atoms with Crippen LogP contribution in [0.25, 0.3) is 0 Å². The summed E-state index contributed by atoms with van der Waals surface area (Å²) < 4.78 is 46.7. The van der Waals surface area contributed by atoms with Gasteiger partial charge >= 0.3 is 18.1 Å². The standard InChI is InChI=1S/C14H16F3NO5/c1-22-10-6-4-8(7-11(10)23-2)3-5-9(12(19)20)18-13(21)14(15,16)17/h4,6-7,9H,3,5H2,1-2H3,(H,18,21)(H,19,20). The normalized spacial score (nSPS) is 12.4. The summed E-state index contributed by atoms with van der Waals surface area (Å²) in [5, 5.41) is 10.4. The molecule has 0 bridgehead atoms.